The van der Waals surface area contributed by atoms with Crippen LogP contribution >= 0.6 is 0 Å². The van der Waals surface area contributed by atoms with E-state index in [4.69, 9.17) is 21.3 Å². The summed E-state index contributed by atoms with van der Waals surface area (Å²) in [4.78, 5) is 4.16. The number of rotatable bonds is 3. The first-order valence-electron chi connectivity index (χ1n) is 7.38. The quantitative estimate of drug-likeness (QED) is 0.542. The van der Waals surface area contributed by atoms with Crippen LogP contribution < -0.4 is 5.73 Å². The van der Waals surface area contributed by atoms with Crippen LogP contribution in [0.1, 0.15) is 22.9 Å². The summed E-state index contributed by atoms with van der Waals surface area (Å²) in [5, 5.41) is 19.3. The number of guanidine groups is 1. The van der Waals surface area contributed by atoms with Crippen molar-refractivity contribution in [1.29, 1.82) is 10.8 Å². The topological polar surface area (TPSA) is 142 Å². The number of hydrogen-bond acceptors (Lipinski definition) is 8. The average molecular weight is 378 g/mol. The third-order valence-electron chi connectivity index (χ3n) is 3.71. The molecule has 0 fully saturated rings. The van der Waals surface area contributed by atoms with Crippen LogP contribution in [-0.2, 0) is 15.7 Å². The highest BCUT2D eigenvalue weighted by atomic mass is 32.2. The SMILES string of the molecule is CN1C(N)=NC(c2cc(C(=N)OC(=N)c3ccon3)ccc2F)CS1=O. The summed E-state index contributed by atoms with van der Waals surface area (Å²) >= 11 is 0. The van der Waals surface area contributed by atoms with Crippen LogP contribution in [0.2, 0.25) is 0 Å². The van der Waals surface area contributed by atoms with Crippen molar-refractivity contribution in [3.8, 4) is 0 Å². The van der Waals surface area contributed by atoms with Gasteiger partial charge in [-0.25, -0.2) is 13.6 Å². The van der Waals surface area contributed by atoms with Gasteiger partial charge in [0.25, 0.3) is 0 Å². The van der Waals surface area contributed by atoms with Crippen molar-refractivity contribution in [3.05, 3.63) is 53.2 Å². The molecule has 9 nitrogen and oxygen atoms in total. The Morgan fingerprint density at radius 3 is 2.85 bits per heavy atom. The monoisotopic (exact) mass is 378 g/mol. The minimum absolute atomic E-state index is 0.0449. The first kappa shape index (κ1) is 17.7. The molecule has 0 aliphatic carbocycles. The zero-order chi connectivity index (χ0) is 18.8. The summed E-state index contributed by atoms with van der Waals surface area (Å²) < 4.78 is 37.3. The van der Waals surface area contributed by atoms with E-state index in [2.05, 4.69) is 14.7 Å². The highest BCUT2D eigenvalue weighted by Crippen LogP contribution is 2.26. The molecule has 136 valence electrons. The lowest BCUT2D eigenvalue weighted by atomic mass is 10.0. The van der Waals surface area contributed by atoms with Gasteiger partial charge >= 0.3 is 0 Å². The van der Waals surface area contributed by atoms with E-state index < -0.39 is 22.8 Å². The maximum atomic E-state index is 14.3. The molecule has 0 saturated heterocycles. The summed E-state index contributed by atoms with van der Waals surface area (Å²) in [6.45, 7) is 0. The van der Waals surface area contributed by atoms with Gasteiger partial charge in [-0.05, 0) is 18.2 Å². The van der Waals surface area contributed by atoms with Crippen LogP contribution in [0.4, 0.5) is 4.39 Å². The van der Waals surface area contributed by atoms with E-state index >= 15 is 0 Å². The maximum Gasteiger partial charge on any atom is 0.243 e. The van der Waals surface area contributed by atoms with E-state index in [0.717, 1.165) is 6.07 Å². The molecule has 2 unspecified atom stereocenters. The molecule has 3 rings (SSSR count). The summed E-state index contributed by atoms with van der Waals surface area (Å²) in [5.41, 5.74) is 6.22. The zero-order valence-corrected chi connectivity index (χ0v) is 14.4. The molecule has 0 radical (unpaired) electrons. The largest absolute Gasteiger partial charge is 0.419 e. The van der Waals surface area contributed by atoms with Crippen LogP contribution in [0.25, 0.3) is 0 Å². The van der Waals surface area contributed by atoms with E-state index in [9.17, 15) is 8.60 Å². The molecule has 4 N–H and O–H groups in total. The molecule has 26 heavy (non-hydrogen) atoms. The van der Waals surface area contributed by atoms with Crippen LogP contribution in [0.3, 0.4) is 0 Å². The normalized spacial score (nSPS) is 19.8. The van der Waals surface area contributed by atoms with Crippen LogP contribution in [0, 0.1) is 16.6 Å². The van der Waals surface area contributed by atoms with Gasteiger partial charge in [0.1, 0.15) is 23.1 Å². The highest BCUT2D eigenvalue weighted by Gasteiger charge is 2.27. The summed E-state index contributed by atoms with van der Waals surface area (Å²) in [6, 6.07) is 4.55. The third-order valence-corrected chi connectivity index (χ3v) is 5.11. The predicted octanol–water partition coefficient (Wildman–Crippen LogP) is 1.15. The van der Waals surface area contributed by atoms with Crippen molar-refractivity contribution in [2.75, 3.05) is 12.8 Å². The molecule has 0 saturated carbocycles. The second-order valence-corrected chi connectivity index (χ2v) is 6.89. The van der Waals surface area contributed by atoms with Gasteiger partial charge in [0.2, 0.25) is 17.8 Å². The maximum absolute atomic E-state index is 14.3. The molecule has 2 aromatic rings. The number of benzene rings is 1. The number of nitrogens with two attached hydrogens (primary N) is 1. The minimum Gasteiger partial charge on any atom is -0.419 e. The molecule has 0 spiro atoms. The second kappa shape index (κ2) is 7.04. The molecule has 1 aromatic carbocycles. The Balaban J connectivity index is 1.85. The molecule has 0 amide bonds. The van der Waals surface area contributed by atoms with Crippen molar-refractivity contribution in [1.82, 2.24) is 9.46 Å². The number of aliphatic imine (C=N–C) groups is 1. The molecule has 2 atom stereocenters. The number of nitrogens with zero attached hydrogens (tertiary/aromatic N) is 3. The average Bonchev–Trinajstić information content (AvgIpc) is 3.14. The minimum atomic E-state index is -1.43. The fourth-order valence-corrected chi connectivity index (χ4v) is 3.28. The standard InChI is InChI=1S/C15H15FN6O3S/c1-22-15(19)20-12(7-26(22)23)9-6-8(2-3-10(9)16)13(17)25-14(18)11-4-5-24-21-11/h2-6,12,17-18H,7H2,1H3,(H2,19,20). The predicted molar refractivity (Wildman–Crippen MR) is 92.8 cm³/mol. The molecular weight excluding hydrogens is 363 g/mol. The van der Waals surface area contributed by atoms with Gasteiger partial charge in [-0.1, -0.05) is 5.16 Å². The van der Waals surface area contributed by atoms with E-state index in [-0.39, 0.29) is 40.3 Å². The van der Waals surface area contributed by atoms with E-state index in [0.29, 0.717) is 0 Å². The molecule has 1 aliphatic rings. The Bertz CT molecular complexity index is 914. The second-order valence-electron chi connectivity index (χ2n) is 5.37. The van der Waals surface area contributed by atoms with Gasteiger partial charge in [-0.3, -0.25) is 15.1 Å². The smallest absolute Gasteiger partial charge is 0.243 e. The van der Waals surface area contributed by atoms with Crippen molar-refractivity contribution in [2.45, 2.75) is 6.04 Å². The lowest BCUT2D eigenvalue weighted by Crippen LogP contribution is -2.41. The van der Waals surface area contributed by atoms with Gasteiger partial charge < -0.3 is 15.0 Å². The first-order valence-corrected chi connectivity index (χ1v) is 8.65. The van der Waals surface area contributed by atoms with E-state index in [1.165, 1.54) is 35.8 Å². The van der Waals surface area contributed by atoms with E-state index in [1.807, 2.05) is 0 Å². The summed E-state index contributed by atoms with van der Waals surface area (Å²) in [5.74, 6) is -1.19. The van der Waals surface area contributed by atoms with Crippen molar-refractivity contribution >= 4 is 28.7 Å². The Morgan fingerprint density at radius 2 is 2.19 bits per heavy atom. The zero-order valence-electron chi connectivity index (χ0n) is 13.6. The van der Waals surface area contributed by atoms with Crippen molar-refractivity contribution in [3.63, 3.8) is 0 Å². The van der Waals surface area contributed by atoms with E-state index in [1.54, 1.807) is 0 Å². The molecule has 2 heterocycles. The number of nitrogens with one attached hydrogen (secondary N) is 2. The Kier molecular flexibility index (Phi) is 4.80. The van der Waals surface area contributed by atoms with Gasteiger partial charge in [0.15, 0.2) is 5.69 Å². The van der Waals surface area contributed by atoms with Crippen LogP contribution in [-0.4, -0.2) is 44.2 Å². The highest BCUT2D eigenvalue weighted by molar-refractivity contribution is 7.83. The molecular formula is C15H15FN6O3S. The fraction of sp³-hybridized carbons (Fsp3) is 0.200. The number of ether oxygens (including phenoxy) is 1. The first-order chi connectivity index (χ1) is 12.4. The Morgan fingerprint density at radius 1 is 1.42 bits per heavy atom. The summed E-state index contributed by atoms with van der Waals surface area (Å²) in [6.07, 6.45) is 1.27. The van der Waals surface area contributed by atoms with Crippen molar-refractivity contribution in [2.24, 2.45) is 10.7 Å². The third kappa shape index (κ3) is 3.47. The lowest BCUT2D eigenvalue weighted by Gasteiger charge is -2.26. The number of hydrogen-bond donors (Lipinski definition) is 3. The van der Waals surface area contributed by atoms with Crippen molar-refractivity contribution < 1.29 is 17.9 Å². The lowest BCUT2D eigenvalue weighted by molar-refractivity contribution is 0.414. The molecule has 1 aromatic heterocycles. The Labute approximate surface area is 150 Å². The fourth-order valence-electron chi connectivity index (χ4n) is 2.27. The number of halogens is 1. The summed E-state index contributed by atoms with van der Waals surface area (Å²) in [7, 11) is 0.111. The Hall–Kier alpha value is -3.08. The van der Waals surface area contributed by atoms with Gasteiger partial charge in [-0.2, -0.15) is 0 Å². The van der Waals surface area contributed by atoms with Crippen LogP contribution in [0.15, 0.2) is 40.0 Å². The molecule has 1 aliphatic heterocycles. The van der Waals surface area contributed by atoms with Gasteiger partial charge in [0, 0.05) is 24.2 Å². The molecule has 11 heteroatoms. The van der Waals surface area contributed by atoms with Crippen LogP contribution in [0.5, 0.6) is 0 Å². The number of aromatic nitrogens is 1. The van der Waals surface area contributed by atoms with Gasteiger partial charge in [0.05, 0.1) is 11.8 Å². The molecule has 0 bridgehead atoms. The van der Waals surface area contributed by atoms with Gasteiger partial charge in [-0.15, -0.1) is 0 Å².